The predicted octanol–water partition coefficient (Wildman–Crippen LogP) is 6.61. The average Bonchev–Trinajstić information content (AvgIpc) is 2.90. The number of benzene rings is 2. The molecule has 0 unspecified atom stereocenters. The molecule has 2 atom stereocenters. The van der Waals surface area contributed by atoms with Crippen LogP contribution in [0.25, 0.3) is 0 Å². The number of rotatable bonds is 5. The summed E-state index contributed by atoms with van der Waals surface area (Å²) in [4.78, 5) is 20.6. The van der Waals surface area contributed by atoms with Gasteiger partial charge < -0.3 is 10.8 Å². The van der Waals surface area contributed by atoms with E-state index in [9.17, 15) is 57.8 Å². The second-order valence-corrected chi connectivity index (χ2v) is 12.4. The lowest BCUT2D eigenvalue weighted by Gasteiger charge is -2.46. The van der Waals surface area contributed by atoms with Crippen LogP contribution in [0.3, 0.4) is 0 Å². The maximum Gasteiger partial charge on any atom is 0.416 e. The normalized spacial score (nSPS) is 19.4. The lowest BCUT2D eigenvalue weighted by atomic mass is 9.77. The Balaban J connectivity index is 2.03. The van der Waals surface area contributed by atoms with Crippen molar-refractivity contribution in [2.75, 3.05) is 11.2 Å². The topological polar surface area (TPSA) is 126 Å². The van der Waals surface area contributed by atoms with Gasteiger partial charge in [0.15, 0.2) is 0 Å². The molecule has 0 aliphatic carbocycles. The van der Waals surface area contributed by atoms with E-state index >= 15 is 0 Å². The van der Waals surface area contributed by atoms with E-state index < -0.39 is 86.3 Å². The van der Waals surface area contributed by atoms with Crippen LogP contribution < -0.4 is 10.6 Å². The number of sulfone groups is 1. The number of aromatic nitrogens is 2. The minimum absolute atomic E-state index is 0.0891. The van der Waals surface area contributed by atoms with Crippen LogP contribution in [0, 0.1) is 0 Å². The van der Waals surface area contributed by atoms with E-state index in [4.69, 9.17) is 5.73 Å². The summed E-state index contributed by atoms with van der Waals surface area (Å²) >= 11 is 0. The van der Waals surface area contributed by atoms with Crippen molar-refractivity contribution in [3.05, 3.63) is 81.7 Å². The first-order valence-corrected chi connectivity index (χ1v) is 14.7. The highest BCUT2D eigenvalue weighted by Gasteiger charge is 2.47. The number of nitrogens with two attached hydrogens (primary N) is 1. The molecular formula is C27H23F9N4O4S. The molecule has 0 fully saturated rings. The SMILES string of the molecule is CC[C@]1(N)C[C@H](c2nc(S(C)(=O)=O)ncc2Cc2cc(C(F)(F)F)cc(C(F)(F)F)c2)c2cc(C(F)(F)F)ccc2N1C(=O)O. The molecule has 45 heavy (non-hydrogen) atoms. The summed E-state index contributed by atoms with van der Waals surface area (Å²) in [6, 6.07) is 2.86. The van der Waals surface area contributed by atoms with Gasteiger partial charge in [0.1, 0.15) is 5.66 Å². The highest BCUT2D eigenvalue weighted by Crippen LogP contribution is 2.48. The maximum atomic E-state index is 13.8. The van der Waals surface area contributed by atoms with E-state index in [1.807, 2.05) is 0 Å². The highest BCUT2D eigenvalue weighted by molar-refractivity contribution is 7.90. The summed E-state index contributed by atoms with van der Waals surface area (Å²) in [6.45, 7) is 1.48. The van der Waals surface area contributed by atoms with Crippen LogP contribution in [0.1, 0.15) is 64.8 Å². The number of carbonyl (C=O) groups is 1. The number of fused-ring (bicyclic) bond motifs is 1. The van der Waals surface area contributed by atoms with E-state index in [1.165, 1.54) is 6.92 Å². The van der Waals surface area contributed by atoms with Crippen LogP contribution in [-0.4, -0.2) is 41.5 Å². The van der Waals surface area contributed by atoms with Crippen LogP contribution in [0.2, 0.25) is 0 Å². The number of carboxylic acid groups (broad SMARTS) is 1. The summed E-state index contributed by atoms with van der Waals surface area (Å²) in [5.41, 5.74) is -1.62. The van der Waals surface area contributed by atoms with Crippen LogP contribution >= 0.6 is 0 Å². The van der Waals surface area contributed by atoms with E-state index in [0.29, 0.717) is 35.4 Å². The molecule has 244 valence electrons. The van der Waals surface area contributed by atoms with Gasteiger partial charge in [0, 0.05) is 24.8 Å². The fourth-order valence-electron chi connectivity index (χ4n) is 5.21. The van der Waals surface area contributed by atoms with Gasteiger partial charge in [0.05, 0.1) is 28.1 Å². The van der Waals surface area contributed by atoms with E-state index in [0.717, 1.165) is 12.3 Å². The Hall–Kier alpha value is -3.93. The van der Waals surface area contributed by atoms with Crippen LogP contribution in [0.15, 0.2) is 47.8 Å². The summed E-state index contributed by atoms with van der Waals surface area (Å²) in [7, 11) is -4.21. The fraction of sp³-hybridized carbons (Fsp3) is 0.370. The van der Waals surface area contributed by atoms with Gasteiger partial charge in [0.2, 0.25) is 15.0 Å². The number of halogens is 9. The molecule has 0 saturated heterocycles. The zero-order valence-electron chi connectivity index (χ0n) is 23.1. The zero-order valence-corrected chi connectivity index (χ0v) is 24.0. The molecule has 18 heteroatoms. The molecule has 0 radical (unpaired) electrons. The number of alkyl halides is 9. The first-order valence-electron chi connectivity index (χ1n) is 12.8. The smallest absolute Gasteiger partial charge is 0.416 e. The van der Waals surface area contributed by atoms with Crippen molar-refractivity contribution >= 4 is 21.6 Å². The Labute approximate surface area is 249 Å². The lowest BCUT2D eigenvalue weighted by molar-refractivity contribution is -0.143. The molecular weight excluding hydrogens is 647 g/mol. The number of nitrogens with zero attached hydrogens (tertiary/aromatic N) is 3. The van der Waals surface area contributed by atoms with Crippen LogP contribution in [0.5, 0.6) is 0 Å². The van der Waals surface area contributed by atoms with Crippen molar-refractivity contribution in [1.29, 1.82) is 0 Å². The van der Waals surface area contributed by atoms with Gasteiger partial charge in [-0.25, -0.2) is 23.2 Å². The van der Waals surface area contributed by atoms with E-state index in [1.54, 1.807) is 0 Å². The second kappa shape index (κ2) is 11.1. The molecule has 8 nitrogen and oxygen atoms in total. The Morgan fingerprint density at radius 1 is 0.978 bits per heavy atom. The van der Waals surface area contributed by atoms with Crippen molar-refractivity contribution < 1.29 is 57.8 Å². The third-order valence-electron chi connectivity index (χ3n) is 7.36. The highest BCUT2D eigenvalue weighted by atomic mass is 32.2. The van der Waals surface area contributed by atoms with Crippen molar-refractivity contribution in [3.8, 4) is 0 Å². The molecule has 1 aromatic heterocycles. The Morgan fingerprint density at radius 2 is 1.53 bits per heavy atom. The molecule has 1 amide bonds. The lowest BCUT2D eigenvalue weighted by Crippen LogP contribution is -2.61. The van der Waals surface area contributed by atoms with Crippen LogP contribution in [0.4, 0.5) is 50.0 Å². The maximum absolute atomic E-state index is 13.8. The third kappa shape index (κ3) is 6.85. The first-order chi connectivity index (χ1) is 20.5. The van der Waals surface area contributed by atoms with Gasteiger partial charge in [-0.15, -0.1) is 0 Å². The summed E-state index contributed by atoms with van der Waals surface area (Å²) in [5, 5.41) is 9.12. The molecule has 0 saturated carbocycles. The second-order valence-electron chi connectivity index (χ2n) is 10.5. The summed E-state index contributed by atoms with van der Waals surface area (Å²) in [6.07, 6.45) is -16.7. The molecule has 0 spiro atoms. The molecule has 3 aromatic rings. The molecule has 2 heterocycles. The van der Waals surface area contributed by atoms with Crippen LogP contribution in [-0.2, 0) is 34.8 Å². The number of hydrogen-bond donors (Lipinski definition) is 2. The van der Waals surface area contributed by atoms with Gasteiger partial charge in [0.25, 0.3) is 0 Å². The molecule has 0 bridgehead atoms. The van der Waals surface area contributed by atoms with Gasteiger partial charge in [-0.2, -0.15) is 39.5 Å². The molecule has 2 aromatic carbocycles. The van der Waals surface area contributed by atoms with Crippen molar-refractivity contribution in [1.82, 2.24) is 9.97 Å². The number of anilines is 1. The van der Waals surface area contributed by atoms with Crippen molar-refractivity contribution in [2.24, 2.45) is 5.73 Å². The van der Waals surface area contributed by atoms with Gasteiger partial charge in [-0.3, -0.25) is 4.90 Å². The summed E-state index contributed by atoms with van der Waals surface area (Å²) < 4.78 is 147. The van der Waals surface area contributed by atoms with Gasteiger partial charge in [-0.05, 0) is 65.9 Å². The Kier molecular flexibility index (Phi) is 8.41. The van der Waals surface area contributed by atoms with Gasteiger partial charge in [-0.1, -0.05) is 6.92 Å². The Morgan fingerprint density at radius 3 is 2.00 bits per heavy atom. The third-order valence-corrected chi connectivity index (χ3v) is 8.22. The minimum Gasteiger partial charge on any atom is -0.465 e. The number of hydrogen-bond acceptors (Lipinski definition) is 6. The van der Waals surface area contributed by atoms with Crippen molar-refractivity contribution in [3.63, 3.8) is 0 Å². The number of amides is 1. The molecule has 1 aliphatic rings. The average molecular weight is 671 g/mol. The molecule has 4 rings (SSSR count). The minimum atomic E-state index is -5.19. The largest absolute Gasteiger partial charge is 0.465 e. The zero-order chi connectivity index (χ0) is 33.9. The quantitative estimate of drug-likeness (QED) is 0.231. The molecule has 3 N–H and O–H groups in total. The molecule has 1 aliphatic heterocycles. The van der Waals surface area contributed by atoms with Crippen molar-refractivity contribution in [2.45, 2.75) is 61.5 Å². The monoisotopic (exact) mass is 670 g/mol. The fourth-order valence-corrected chi connectivity index (χ4v) is 5.72. The first kappa shape index (κ1) is 34.0. The predicted molar refractivity (Wildman–Crippen MR) is 140 cm³/mol. The van der Waals surface area contributed by atoms with Gasteiger partial charge >= 0.3 is 24.6 Å². The van der Waals surface area contributed by atoms with E-state index in [-0.39, 0.29) is 35.0 Å². The Bertz CT molecular complexity index is 1730. The standard InChI is InChI=1S/C27H23F9N4O4S/c1-3-24(37)11-19(18-10-15(25(28,29)30)4-5-20(18)40(24)23(41)42)21-14(12-38-22(39-21)45(2,43)44)6-13-7-16(26(31,32)33)9-17(8-13)27(34,35)36/h4-5,7-10,12,19H,3,6,11,37H2,1-2H3,(H,41,42)/t19-,24+/m0/s1. The summed E-state index contributed by atoms with van der Waals surface area (Å²) in [5.74, 6) is -1.41. The van der Waals surface area contributed by atoms with E-state index in [2.05, 4.69) is 9.97 Å².